The van der Waals surface area contributed by atoms with Crippen LogP contribution in [-0.4, -0.2) is 19.1 Å². The fourth-order valence-electron chi connectivity index (χ4n) is 10.4. The zero-order valence-electron chi connectivity index (χ0n) is 39.0. The molecule has 0 bridgehead atoms. The molecule has 336 valence electrons. The van der Waals surface area contributed by atoms with Crippen molar-refractivity contribution in [2.75, 3.05) is 9.80 Å². The standard InChI is InChI=1S/C65H46N6/c1-45-44-66-64(46-30-34-52(35-31-46)68(48-18-6-2-7-19-48)54-38-40-62-58(42-54)56-26-14-16-28-60(56)70(62)50-22-10-4-11-23-50)65(67-45)47-32-36-53(37-33-47)69(49-20-8-3-9-21-49)55-39-41-63-59(43-55)57-27-15-17-29-61(57)71(63)51-24-12-5-13-25-51/h2-44H,1H3. The molecule has 0 fully saturated rings. The predicted molar refractivity (Wildman–Crippen MR) is 296 cm³/mol. The van der Waals surface area contributed by atoms with Gasteiger partial charge in [0.15, 0.2) is 0 Å². The second kappa shape index (κ2) is 17.5. The van der Waals surface area contributed by atoms with Crippen molar-refractivity contribution in [2.24, 2.45) is 0 Å². The average Bonchev–Trinajstić information content (AvgIpc) is 3.95. The van der Waals surface area contributed by atoms with Crippen LogP contribution in [0.2, 0.25) is 0 Å². The van der Waals surface area contributed by atoms with Crippen LogP contribution in [0.25, 0.3) is 77.5 Å². The van der Waals surface area contributed by atoms with Crippen LogP contribution in [0.3, 0.4) is 0 Å². The van der Waals surface area contributed by atoms with Crippen LogP contribution in [0.15, 0.2) is 261 Å². The van der Waals surface area contributed by atoms with Crippen LogP contribution in [0.5, 0.6) is 0 Å². The molecule has 71 heavy (non-hydrogen) atoms. The molecular formula is C65H46N6. The number of anilines is 6. The van der Waals surface area contributed by atoms with E-state index in [0.717, 1.165) is 73.7 Å². The lowest BCUT2D eigenvalue weighted by molar-refractivity contribution is 1.13. The van der Waals surface area contributed by atoms with Crippen molar-refractivity contribution in [3.05, 3.63) is 267 Å². The number of aryl methyl sites for hydroxylation is 1. The molecule has 10 aromatic carbocycles. The van der Waals surface area contributed by atoms with Crippen LogP contribution in [0, 0.1) is 6.92 Å². The van der Waals surface area contributed by atoms with Crippen molar-refractivity contribution >= 4 is 77.7 Å². The monoisotopic (exact) mass is 910 g/mol. The van der Waals surface area contributed by atoms with E-state index in [4.69, 9.17) is 9.97 Å². The lowest BCUT2D eigenvalue weighted by atomic mass is 10.0. The van der Waals surface area contributed by atoms with Gasteiger partial charge in [0.2, 0.25) is 0 Å². The number of fused-ring (bicyclic) bond motifs is 6. The highest BCUT2D eigenvalue weighted by Gasteiger charge is 2.21. The zero-order chi connectivity index (χ0) is 47.3. The Balaban J connectivity index is 0.864. The van der Waals surface area contributed by atoms with Gasteiger partial charge in [-0.2, -0.15) is 0 Å². The molecule has 3 aromatic heterocycles. The lowest BCUT2D eigenvalue weighted by Crippen LogP contribution is -2.10. The molecule has 0 radical (unpaired) electrons. The maximum Gasteiger partial charge on any atom is 0.0968 e. The van der Waals surface area contributed by atoms with E-state index in [-0.39, 0.29) is 0 Å². The number of benzene rings is 10. The smallest absolute Gasteiger partial charge is 0.0968 e. The van der Waals surface area contributed by atoms with E-state index in [1.165, 1.54) is 43.6 Å². The van der Waals surface area contributed by atoms with Crippen LogP contribution in [0.4, 0.5) is 34.1 Å². The van der Waals surface area contributed by atoms with Gasteiger partial charge in [-0.1, -0.05) is 133 Å². The number of rotatable bonds is 10. The quantitative estimate of drug-likeness (QED) is 0.137. The van der Waals surface area contributed by atoms with E-state index in [9.17, 15) is 0 Å². The summed E-state index contributed by atoms with van der Waals surface area (Å²) in [5.74, 6) is 0. The predicted octanol–water partition coefficient (Wildman–Crippen LogP) is 17.3. The van der Waals surface area contributed by atoms with E-state index in [0.29, 0.717) is 0 Å². The Bertz CT molecular complexity index is 4030. The molecule has 13 rings (SSSR count). The molecule has 6 nitrogen and oxygen atoms in total. The molecule has 3 heterocycles. The first-order valence-electron chi connectivity index (χ1n) is 24.1. The van der Waals surface area contributed by atoms with Gasteiger partial charge in [-0.25, -0.2) is 4.98 Å². The Morgan fingerprint density at radius 3 is 1.11 bits per heavy atom. The van der Waals surface area contributed by atoms with Crippen molar-refractivity contribution in [3.63, 3.8) is 0 Å². The van der Waals surface area contributed by atoms with Crippen molar-refractivity contribution in [1.82, 2.24) is 19.1 Å². The molecule has 0 amide bonds. The second-order valence-corrected chi connectivity index (χ2v) is 17.9. The summed E-state index contributed by atoms with van der Waals surface area (Å²) in [6.07, 6.45) is 1.86. The third kappa shape index (κ3) is 7.37. The number of nitrogens with zero attached hydrogens (tertiary/aromatic N) is 6. The number of hydrogen-bond acceptors (Lipinski definition) is 4. The Kier molecular flexibility index (Phi) is 10.3. The minimum Gasteiger partial charge on any atom is -0.310 e. The maximum atomic E-state index is 5.14. The number of aromatic nitrogens is 4. The first kappa shape index (κ1) is 41.7. The van der Waals surface area contributed by atoms with Gasteiger partial charge in [-0.3, -0.25) is 4.98 Å². The zero-order valence-corrected chi connectivity index (χ0v) is 39.0. The van der Waals surface area contributed by atoms with Crippen LogP contribution in [-0.2, 0) is 0 Å². The first-order chi connectivity index (χ1) is 35.1. The largest absolute Gasteiger partial charge is 0.310 e. The molecule has 0 saturated heterocycles. The normalized spacial score (nSPS) is 11.5. The second-order valence-electron chi connectivity index (χ2n) is 17.9. The van der Waals surface area contributed by atoms with Gasteiger partial charge in [-0.05, 0) is 128 Å². The Labute approximate surface area is 412 Å². The summed E-state index contributed by atoms with van der Waals surface area (Å²) in [5.41, 5.74) is 17.9. The minimum atomic E-state index is 0.830. The van der Waals surface area contributed by atoms with Gasteiger partial charge in [-0.15, -0.1) is 0 Å². The molecule has 6 heteroatoms. The molecular weight excluding hydrogens is 865 g/mol. The van der Waals surface area contributed by atoms with Crippen molar-refractivity contribution < 1.29 is 0 Å². The summed E-state index contributed by atoms with van der Waals surface area (Å²) < 4.78 is 4.71. The summed E-state index contributed by atoms with van der Waals surface area (Å²) in [4.78, 5) is 14.8. The molecule has 0 unspecified atom stereocenters. The van der Waals surface area contributed by atoms with Gasteiger partial charge < -0.3 is 18.9 Å². The molecule has 0 spiro atoms. The lowest BCUT2D eigenvalue weighted by Gasteiger charge is -2.26. The SMILES string of the molecule is Cc1cnc(-c2ccc(N(c3ccccc3)c3ccc4c(c3)c3ccccc3n4-c3ccccc3)cc2)c(-c2ccc(N(c3ccccc3)c3ccc4c(c3)c3ccccc3n4-c3ccccc3)cc2)n1. The van der Waals surface area contributed by atoms with Gasteiger partial charge in [0.05, 0.1) is 39.1 Å². The molecule has 0 aliphatic carbocycles. The molecule has 13 aromatic rings. The van der Waals surface area contributed by atoms with Crippen LogP contribution in [0.1, 0.15) is 5.69 Å². The molecule has 0 N–H and O–H groups in total. The molecule has 0 aliphatic heterocycles. The van der Waals surface area contributed by atoms with Gasteiger partial charge >= 0.3 is 0 Å². The summed E-state index contributed by atoms with van der Waals surface area (Å²) in [6.45, 7) is 2.01. The van der Waals surface area contributed by atoms with Gasteiger partial charge in [0.25, 0.3) is 0 Å². The van der Waals surface area contributed by atoms with Gasteiger partial charge in [0.1, 0.15) is 0 Å². The topological polar surface area (TPSA) is 42.1 Å². The van der Waals surface area contributed by atoms with Crippen LogP contribution >= 0.6 is 0 Å². The third-order valence-electron chi connectivity index (χ3n) is 13.6. The number of para-hydroxylation sites is 6. The van der Waals surface area contributed by atoms with E-state index in [2.05, 4.69) is 274 Å². The number of hydrogen-bond donors (Lipinski definition) is 0. The summed E-state index contributed by atoms with van der Waals surface area (Å²) >= 11 is 0. The summed E-state index contributed by atoms with van der Waals surface area (Å²) in [5, 5.41) is 4.83. The summed E-state index contributed by atoms with van der Waals surface area (Å²) in [6, 6.07) is 90.9. The Morgan fingerprint density at radius 2 is 0.662 bits per heavy atom. The van der Waals surface area contributed by atoms with Gasteiger partial charge in [0, 0.05) is 84.4 Å². The average molecular weight is 911 g/mol. The fraction of sp³-hybridized carbons (Fsp3) is 0.0154. The molecule has 0 saturated carbocycles. The maximum absolute atomic E-state index is 5.14. The van der Waals surface area contributed by atoms with Crippen molar-refractivity contribution in [2.45, 2.75) is 6.92 Å². The highest BCUT2D eigenvalue weighted by Crippen LogP contribution is 2.43. The molecule has 0 atom stereocenters. The van der Waals surface area contributed by atoms with E-state index >= 15 is 0 Å². The summed E-state index contributed by atoms with van der Waals surface area (Å²) in [7, 11) is 0. The van der Waals surface area contributed by atoms with E-state index in [1.54, 1.807) is 0 Å². The highest BCUT2D eigenvalue weighted by molar-refractivity contribution is 6.12. The fourth-order valence-corrected chi connectivity index (χ4v) is 10.4. The Hall–Kier alpha value is -9.52. The van der Waals surface area contributed by atoms with E-state index in [1.807, 2.05) is 13.1 Å². The van der Waals surface area contributed by atoms with E-state index < -0.39 is 0 Å². The minimum absolute atomic E-state index is 0.830. The Morgan fingerprint density at radius 1 is 0.310 bits per heavy atom. The van der Waals surface area contributed by atoms with Crippen molar-refractivity contribution in [1.29, 1.82) is 0 Å². The van der Waals surface area contributed by atoms with Crippen LogP contribution < -0.4 is 9.80 Å². The van der Waals surface area contributed by atoms with Crippen molar-refractivity contribution in [3.8, 4) is 33.9 Å². The molecule has 0 aliphatic rings. The highest BCUT2D eigenvalue weighted by atomic mass is 15.1. The first-order valence-corrected chi connectivity index (χ1v) is 24.1. The third-order valence-corrected chi connectivity index (χ3v) is 13.6.